The van der Waals surface area contributed by atoms with E-state index in [1.807, 2.05) is 0 Å². The molecular formula is C13H23N3OS. The number of primary amides is 1. The molecular weight excluding hydrogens is 246 g/mol. The highest BCUT2D eigenvalue weighted by atomic mass is 32.2. The maximum Gasteiger partial charge on any atom is 0.217 e. The average Bonchev–Trinajstić information content (AvgIpc) is 2.75. The number of carbonyl (C=O) groups is 1. The summed E-state index contributed by atoms with van der Waals surface area (Å²) in [4.78, 5) is 11.0. The Kier molecular flexibility index (Phi) is 3.82. The van der Waals surface area contributed by atoms with Crippen LogP contribution in [0.2, 0.25) is 0 Å². The van der Waals surface area contributed by atoms with Gasteiger partial charge < -0.3 is 11.1 Å². The Balaban J connectivity index is 1.69. The number of amides is 1. The first-order valence-corrected chi connectivity index (χ1v) is 8.08. The van der Waals surface area contributed by atoms with Crippen LogP contribution in [0.25, 0.3) is 0 Å². The van der Waals surface area contributed by atoms with Crippen molar-refractivity contribution in [3.05, 3.63) is 0 Å². The molecule has 1 amide bonds. The highest BCUT2D eigenvalue weighted by Gasteiger charge is 2.49. The highest BCUT2D eigenvalue weighted by molar-refractivity contribution is 8.00. The molecule has 4 unspecified atom stereocenters. The van der Waals surface area contributed by atoms with Crippen LogP contribution in [0, 0.1) is 17.8 Å². The number of hydrogen-bond donors (Lipinski definition) is 3. The van der Waals surface area contributed by atoms with Gasteiger partial charge in [-0.05, 0) is 24.7 Å². The second-order valence-electron chi connectivity index (χ2n) is 5.87. The SMILES string of the molecule is NC(=O)CC[C@@H]1CCCC2SC3NCNCC3C21. The van der Waals surface area contributed by atoms with Crippen molar-refractivity contribution >= 4 is 17.7 Å². The smallest absolute Gasteiger partial charge is 0.217 e. The molecule has 102 valence electrons. The monoisotopic (exact) mass is 269 g/mol. The van der Waals surface area contributed by atoms with E-state index in [9.17, 15) is 4.79 Å². The van der Waals surface area contributed by atoms with Crippen molar-refractivity contribution in [2.45, 2.75) is 42.7 Å². The quantitative estimate of drug-likeness (QED) is 0.711. The molecule has 0 spiro atoms. The molecule has 2 saturated heterocycles. The maximum atomic E-state index is 11.0. The standard InChI is InChI=1S/C13H23N3OS/c14-11(17)5-4-8-2-1-3-10-12(8)9-6-15-7-16-13(9)18-10/h8-10,12-13,15-16H,1-7H2,(H2,14,17)/t8-,9?,10?,12?,13?/m0/s1. The molecule has 18 heavy (non-hydrogen) atoms. The van der Waals surface area contributed by atoms with Gasteiger partial charge in [-0.1, -0.05) is 12.8 Å². The van der Waals surface area contributed by atoms with Crippen LogP contribution >= 0.6 is 11.8 Å². The lowest BCUT2D eigenvalue weighted by Crippen LogP contribution is -2.50. The molecule has 0 aromatic carbocycles. The molecule has 4 nitrogen and oxygen atoms in total. The third kappa shape index (κ3) is 2.40. The molecule has 5 heteroatoms. The Morgan fingerprint density at radius 3 is 3.11 bits per heavy atom. The summed E-state index contributed by atoms with van der Waals surface area (Å²) in [6, 6.07) is 0. The Morgan fingerprint density at radius 1 is 1.39 bits per heavy atom. The second kappa shape index (κ2) is 5.39. The topological polar surface area (TPSA) is 67.2 Å². The normalized spacial score (nSPS) is 43.2. The van der Waals surface area contributed by atoms with Gasteiger partial charge in [0, 0.05) is 30.8 Å². The molecule has 2 heterocycles. The summed E-state index contributed by atoms with van der Waals surface area (Å²) in [7, 11) is 0. The third-order valence-corrected chi connectivity index (χ3v) is 6.52. The summed E-state index contributed by atoms with van der Waals surface area (Å²) in [6.07, 6.45) is 5.54. The van der Waals surface area contributed by atoms with Gasteiger partial charge in [0.1, 0.15) is 0 Å². The fourth-order valence-electron chi connectivity index (χ4n) is 4.06. The number of thioether (sulfide) groups is 1. The Morgan fingerprint density at radius 2 is 2.28 bits per heavy atom. The summed E-state index contributed by atoms with van der Waals surface area (Å²) < 4.78 is 0. The molecule has 1 aliphatic carbocycles. The molecule has 2 aliphatic heterocycles. The van der Waals surface area contributed by atoms with E-state index in [2.05, 4.69) is 22.4 Å². The molecule has 0 radical (unpaired) electrons. The van der Waals surface area contributed by atoms with Crippen LogP contribution in [0.15, 0.2) is 0 Å². The van der Waals surface area contributed by atoms with Crippen molar-refractivity contribution in [3.63, 3.8) is 0 Å². The van der Waals surface area contributed by atoms with Gasteiger partial charge in [-0.2, -0.15) is 0 Å². The third-order valence-electron chi connectivity index (χ3n) is 4.81. The van der Waals surface area contributed by atoms with Crippen LogP contribution in [0.1, 0.15) is 32.1 Å². The van der Waals surface area contributed by atoms with E-state index in [0.29, 0.717) is 17.7 Å². The molecule has 0 aromatic rings. The highest BCUT2D eigenvalue weighted by Crippen LogP contribution is 2.52. The fourth-order valence-corrected chi connectivity index (χ4v) is 6.01. The molecule has 0 aromatic heterocycles. The predicted octanol–water partition coefficient (Wildman–Crippen LogP) is 0.876. The van der Waals surface area contributed by atoms with E-state index in [1.165, 1.54) is 19.3 Å². The first-order chi connectivity index (χ1) is 8.75. The van der Waals surface area contributed by atoms with Gasteiger partial charge in [-0.25, -0.2) is 0 Å². The molecule has 3 aliphatic rings. The summed E-state index contributed by atoms with van der Waals surface area (Å²) in [6.45, 7) is 2.08. The minimum Gasteiger partial charge on any atom is -0.370 e. The molecule has 4 N–H and O–H groups in total. The van der Waals surface area contributed by atoms with E-state index >= 15 is 0 Å². The second-order valence-corrected chi connectivity index (χ2v) is 7.25. The van der Waals surface area contributed by atoms with E-state index in [1.54, 1.807) is 0 Å². The molecule has 3 rings (SSSR count). The molecule has 5 atom stereocenters. The van der Waals surface area contributed by atoms with Gasteiger partial charge in [0.25, 0.3) is 0 Å². The van der Waals surface area contributed by atoms with Crippen LogP contribution in [0.4, 0.5) is 0 Å². The summed E-state index contributed by atoms with van der Waals surface area (Å²) in [5.41, 5.74) is 5.31. The van der Waals surface area contributed by atoms with Crippen LogP contribution in [0.5, 0.6) is 0 Å². The van der Waals surface area contributed by atoms with Gasteiger partial charge in [-0.3, -0.25) is 10.1 Å². The van der Waals surface area contributed by atoms with Crippen molar-refractivity contribution in [3.8, 4) is 0 Å². The van der Waals surface area contributed by atoms with E-state index in [4.69, 9.17) is 5.73 Å². The van der Waals surface area contributed by atoms with Gasteiger partial charge in [0.15, 0.2) is 0 Å². The number of hydrogen-bond acceptors (Lipinski definition) is 4. The van der Waals surface area contributed by atoms with Crippen molar-refractivity contribution in [1.82, 2.24) is 10.6 Å². The number of nitrogens with one attached hydrogen (secondary N) is 2. The van der Waals surface area contributed by atoms with Crippen molar-refractivity contribution < 1.29 is 4.79 Å². The van der Waals surface area contributed by atoms with E-state index in [0.717, 1.165) is 36.7 Å². The zero-order valence-electron chi connectivity index (χ0n) is 10.7. The molecule has 3 fully saturated rings. The summed E-state index contributed by atoms with van der Waals surface area (Å²) >= 11 is 2.15. The molecule has 1 saturated carbocycles. The molecule has 0 bridgehead atoms. The van der Waals surface area contributed by atoms with Gasteiger partial charge in [-0.15, -0.1) is 11.8 Å². The van der Waals surface area contributed by atoms with E-state index < -0.39 is 0 Å². The van der Waals surface area contributed by atoms with Crippen molar-refractivity contribution in [2.75, 3.05) is 13.2 Å². The minimum atomic E-state index is -0.140. The van der Waals surface area contributed by atoms with Crippen LogP contribution in [-0.2, 0) is 4.79 Å². The van der Waals surface area contributed by atoms with Gasteiger partial charge in [0.05, 0.1) is 5.37 Å². The zero-order valence-corrected chi connectivity index (χ0v) is 11.5. The van der Waals surface area contributed by atoms with Crippen molar-refractivity contribution in [2.24, 2.45) is 23.5 Å². The largest absolute Gasteiger partial charge is 0.370 e. The van der Waals surface area contributed by atoms with Crippen LogP contribution < -0.4 is 16.4 Å². The van der Waals surface area contributed by atoms with Crippen molar-refractivity contribution in [1.29, 1.82) is 0 Å². The lowest BCUT2D eigenvalue weighted by Gasteiger charge is -2.38. The zero-order chi connectivity index (χ0) is 12.5. The number of rotatable bonds is 3. The predicted molar refractivity (Wildman–Crippen MR) is 73.9 cm³/mol. The average molecular weight is 269 g/mol. The lowest BCUT2D eigenvalue weighted by atomic mass is 9.70. The van der Waals surface area contributed by atoms with Crippen LogP contribution in [-0.4, -0.2) is 29.7 Å². The van der Waals surface area contributed by atoms with Gasteiger partial charge in [0.2, 0.25) is 5.91 Å². The minimum absolute atomic E-state index is 0.140. The van der Waals surface area contributed by atoms with Gasteiger partial charge >= 0.3 is 0 Å². The first-order valence-electron chi connectivity index (χ1n) is 7.13. The fraction of sp³-hybridized carbons (Fsp3) is 0.923. The Labute approximate surface area is 113 Å². The Bertz CT molecular complexity index is 325. The van der Waals surface area contributed by atoms with E-state index in [-0.39, 0.29) is 5.91 Å². The number of fused-ring (bicyclic) bond motifs is 3. The Hall–Kier alpha value is -0.260. The summed E-state index contributed by atoms with van der Waals surface area (Å²) in [5.74, 6) is 2.10. The number of carbonyl (C=O) groups excluding carboxylic acids is 1. The van der Waals surface area contributed by atoms with Crippen LogP contribution in [0.3, 0.4) is 0 Å². The lowest BCUT2D eigenvalue weighted by molar-refractivity contribution is -0.118. The number of nitrogens with two attached hydrogens (primary N) is 1. The maximum absolute atomic E-state index is 11.0. The summed E-state index contributed by atoms with van der Waals surface area (Å²) in [5, 5.41) is 8.48. The first kappa shape index (κ1) is 12.8.